The van der Waals surface area contributed by atoms with Crippen LogP contribution in [0.15, 0.2) is 48.5 Å². The van der Waals surface area contributed by atoms with Crippen molar-refractivity contribution in [3.8, 4) is 0 Å². The first kappa shape index (κ1) is 15.7. The maximum Gasteiger partial charge on any atom is 0.246 e. The molecule has 128 valence electrons. The molecule has 2 aliphatic rings. The van der Waals surface area contributed by atoms with E-state index in [1.807, 2.05) is 24.3 Å². The minimum Gasteiger partial charge on any atom is -0.367 e. The fourth-order valence-corrected chi connectivity index (χ4v) is 3.52. The van der Waals surface area contributed by atoms with Crippen LogP contribution in [0.1, 0.15) is 24.0 Å². The van der Waals surface area contributed by atoms with Crippen LogP contribution in [-0.2, 0) is 22.6 Å². The Balaban J connectivity index is 1.38. The van der Waals surface area contributed by atoms with Crippen LogP contribution in [0.2, 0.25) is 0 Å². The van der Waals surface area contributed by atoms with E-state index in [9.17, 15) is 9.59 Å². The second-order valence-electron chi connectivity index (χ2n) is 6.65. The summed E-state index contributed by atoms with van der Waals surface area (Å²) in [5.41, 5.74) is 4.70. The molecule has 0 aliphatic carbocycles. The largest absolute Gasteiger partial charge is 0.367 e. The van der Waals surface area contributed by atoms with E-state index in [4.69, 9.17) is 0 Å². The number of nitrogens with zero attached hydrogens (tertiary/aromatic N) is 1. The Labute approximate surface area is 147 Å². The minimum atomic E-state index is -0.409. The maximum atomic E-state index is 12.1. The van der Waals surface area contributed by atoms with Crippen molar-refractivity contribution in [1.82, 2.24) is 5.32 Å². The smallest absolute Gasteiger partial charge is 0.246 e. The molecule has 2 N–H and O–H groups in total. The summed E-state index contributed by atoms with van der Waals surface area (Å²) in [5, 5.41) is 5.56. The molecule has 0 spiro atoms. The van der Waals surface area contributed by atoms with Crippen molar-refractivity contribution in [3.05, 3.63) is 59.7 Å². The number of carbonyl (C=O) groups is 2. The maximum absolute atomic E-state index is 12.1. The number of hydrogen-bond acceptors (Lipinski definition) is 3. The Morgan fingerprint density at radius 2 is 1.92 bits per heavy atom. The van der Waals surface area contributed by atoms with Crippen LogP contribution in [0.4, 0.5) is 11.4 Å². The van der Waals surface area contributed by atoms with Gasteiger partial charge in [0.15, 0.2) is 0 Å². The van der Waals surface area contributed by atoms with Gasteiger partial charge in [-0.15, -0.1) is 0 Å². The molecule has 1 atom stereocenters. The van der Waals surface area contributed by atoms with Crippen molar-refractivity contribution in [1.29, 1.82) is 0 Å². The third kappa shape index (κ3) is 3.36. The van der Waals surface area contributed by atoms with Crippen molar-refractivity contribution in [2.45, 2.75) is 31.8 Å². The zero-order chi connectivity index (χ0) is 17.2. The summed E-state index contributed by atoms with van der Waals surface area (Å²) in [5.74, 6) is -0.200. The predicted molar refractivity (Wildman–Crippen MR) is 97.4 cm³/mol. The Kier molecular flexibility index (Phi) is 4.14. The van der Waals surface area contributed by atoms with Crippen LogP contribution in [0, 0.1) is 0 Å². The average molecular weight is 335 g/mol. The lowest BCUT2D eigenvalue weighted by molar-refractivity contribution is -0.122. The Morgan fingerprint density at radius 3 is 2.68 bits per heavy atom. The predicted octanol–water partition coefficient (Wildman–Crippen LogP) is 2.47. The van der Waals surface area contributed by atoms with Gasteiger partial charge in [0.05, 0.1) is 0 Å². The highest BCUT2D eigenvalue weighted by Crippen LogP contribution is 2.29. The number of anilines is 2. The summed E-state index contributed by atoms with van der Waals surface area (Å²) in [6.07, 6.45) is 2.09. The summed E-state index contributed by atoms with van der Waals surface area (Å²) >= 11 is 0. The molecule has 1 saturated heterocycles. The number of carbonyl (C=O) groups excluding carboxylic acids is 2. The third-order valence-electron chi connectivity index (χ3n) is 4.89. The van der Waals surface area contributed by atoms with Crippen molar-refractivity contribution in [3.63, 3.8) is 0 Å². The van der Waals surface area contributed by atoms with Gasteiger partial charge in [-0.05, 0) is 42.2 Å². The number of fused-ring (bicyclic) bond motifs is 1. The number of para-hydroxylation sites is 1. The molecule has 1 fully saturated rings. The lowest BCUT2D eigenvalue weighted by Crippen LogP contribution is -2.37. The molecule has 0 unspecified atom stereocenters. The molecule has 5 heteroatoms. The van der Waals surface area contributed by atoms with Gasteiger partial charge in [-0.3, -0.25) is 9.59 Å². The van der Waals surface area contributed by atoms with E-state index in [1.54, 1.807) is 0 Å². The number of amides is 2. The molecule has 4 rings (SSSR count). The van der Waals surface area contributed by atoms with Crippen LogP contribution >= 0.6 is 0 Å². The average Bonchev–Trinajstić information content (AvgIpc) is 3.24. The summed E-state index contributed by atoms with van der Waals surface area (Å²) in [6.45, 7) is 1.91. The lowest BCUT2D eigenvalue weighted by atomic mass is 10.1. The van der Waals surface area contributed by atoms with Gasteiger partial charge in [0.25, 0.3) is 0 Å². The first-order valence-electron chi connectivity index (χ1n) is 8.71. The zero-order valence-electron chi connectivity index (χ0n) is 14.0. The van der Waals surface area contributed by atoms with Crippen LogP contribution < -0.4 is 15.5 Å². The molecule has 2 heterocycles. The number of benzene rings is 2. The molecular formula is C20H21N3O2. The highest BCUT2D eigenvalue weighted by atomic mass is 16.2. The van der Waals surface area contributed by atoms with E-state index in [2.05, 4.69) is 39.8 Å². The summed E-state index contributed by atoms with van der Waals surface area (Å²) in [6, 6.07) is 16.1. The lowest BCUT2D eigenvalue weighted by Gasteiger charge is -2.19. The van der Waals surface area contributed by atoms with Gasteiger partial charge in [-0.2, -0.15) is 0 Å². The topological polar surface area (TPSA) is 61.4 Å². The summed E-state index contributed by atoms with van der Waals surface area (Å²) < 4.78 is 0. The van der Waals surface area contributed by atoms with Crippen molar-refractivity contribution < 1.29 is 9.59 Å². The summed E-state index contributed by atoms with van der Waals surface area (Å²) in [4.78, 5) is 25.7. The van der Waals surface area contributed by atoms with Crippen LogP contribution in [0.5, 0.6) is 0 Å². The Morgan fingerprint density at radius 1 is 1.12 bits per heavy atom. The number of rotatable bonds is 4. The first-order valence-corrected chi connectivity index (χ1v) is 8.71. The van der Waals surface area contributed by atoms with Crippen LogP contribution in [0.3, 0.4) is 0 Å². The SMILES string of the molecule is O=C1CC[C@H](C(=O)Nc2ccc(CN3CCc4ccccc43)cc2)N1. The fraction of sp³-hybridized carbons (Fsp3) is 0.300. The normalized spacial score (nSPS) is 18.8. The minimum absolute atomic E-state index is 0.0543. The second kappa shape index (κ2) is 6.59. The molecule has 2 aliphatic heterocycles. The van der Waals surface area contributed by atoms with Crippen molar-refractivity contribution in [2.75, 3.05) is 16.8 Å². The fourth-order valence-electron chi connectivity index (χ4n) is 3.52. The molecule has 0 saturated carbocycles. The molecule has 0 bridgehead atoms. The third-order valence-corrected chi connectivity index (χ3v) is 4.89. The molecule has 25 heavy (non-hydrogen) atoms. The quantitative estimate of drug-likeness (QED) is 0.902. The van der Waals surface area contributed by atoms with Gasteiger partial charge < -0.3 is 15.5 Å². The van der Waals surface area contributed by atoms with Gasteiger partial charge in [0.1, 0.15) is 6.04 Å². The van der Waals surface area contributed by atoms with Crippen molar-refractivity contribution >= 4 is 23.2 Å². The Bertz CT molecular complexity index is 801. The number of hydrogen-bond donors (Lipinski definition) is 2. The first-order chi connectivity index (χ1) is 12.2. The Hall–Kier alpha value is -2.82. The van der Waals surface area contributed by atoms with E-state index >= 15 is 0 Å². The summed E-state index contributed by atoms with van der Waals surface area (Å²) in [7, 11) is 0. The van der Waals surface area contributed by atoms with E-state index in [0.29, 0.717) is 12.8 Å². The van der Waals surface area contributed by atoms with Gasteiger partial charge in [0.2, 0.25) is 11.8 Å². The van der Waals surface area contributed by atoms with E-state index in [1.165, 1.54) is 16.8 Å². The second-order valence-corrected chi connectivity index (χ2v) is 6.65. The van der Waals surface area contributed by atoms with Gasteiger partial charge in [-0.25, -0.2) is 0 Å². The molecule has 5 nitrogen and oxygen atoms in total. The standard InChI is InChI=1S/C20H21N3O2/c24-19-10-9-17(22-19)20(25)21-16-7-5-14(6-8-16)13-23-12-11-15-3-1-2-4-18(15)23/h1-8,17H,9-13H2,(H,21,25)(H,22,24)/t17-/m1/s1. The molecule has 2 amide bonds. The highest BCUT2D eigenvalue weighted by molar-refractivity contribution is 5.98. The molecule has 0 aromatic heterocycles. The van der Waals surface area contributed by atoms with Gasteiger partial charge in [0, 0.05) is 30.9 Å². The zero-order valence-corrected chi connectivity index (χ0v) is 14.0. The molecule has 2 aromatic carbocycles. The molecule has 0 radical (unpaired) electrons. The van der Waals surface area contributed by atoms with E-state index in [0.717, 1.165) is 25.2 Å². The molecular weight excluding hydrogens is 314 g/mol. The van der Waals surface area contributed by atoms with Gasteiger partial charge >= 0.3 is 0 Å². The monoisotopic (exact) mass is 335 g/mol. The van der Waals surface area contributed by atoms with E-state index < -0.39 is 6.04 Å². The highest BCUT2D eigenvalue weighted by Gasteiger charge is 2.27. The number of nitrogens with one attached hydrogen (secondary N) is 2. The van der Waals surface area contributed by atoms with Crippen LogP contribution in [0.25, 0.3) is 0 Å². The van der Waals surface area contributed by atoms with Crippen molar-refractivity contribution in [2.24, 2.45) is 0 Å². The molecule has 2 aromatic rings. The van der Waals surface area contributed by atoms with E-state index in [-0.39, 0.29) is 11.8 Å². The van der Waals surface area contributed by atoms with Gasteiger partial charge in [-0.1, -0.05) is 30.3 Å². The van der Waals surface area contributed by atoms with Crippen LogP contribution in [-0.4, -0.2) is 24.4 Å².